The highest BCUT2D eigenvalue weighted by Gasteiger charge is 2.16. The second-order valence-electron chi connectivity index (χ2n) is 7.34. The zero-order valence-electron chi connectivity index (χ0n) is 16.9. The number of aromatic nitrogens is 2. The number of hydrogen-bond acceptors (Lipinski definition) is 3. The van der Waals surface area contributed by atoms with Gasteiger partial charge in [0.25, 0.3) is 11.5 Å². The highest BCUT2D eigenvalue weighted by atomic mass is 19.1. The molecule has 156 valence electrons. The van der Waals surface area contributed by atoms with E-state index in [2.05, 4.69) is 10.3 Å². The number of benzene rings is 2. The lowest BCUT2D eigenvalue weighted by Crippen LogP contribution is -2.34. The third kappa shape index (κ3) is 4.86. The Kier molecular flexibility index (Phi) is 6.17. The maximum absolute atomic E-state index is 13.2. The smallest absolute Gasteiger partial charge is 0.265 e. The van der Waals surface area contributed by atoms with Crippen molar-refractivity contribution in [2.75, 3.05) is 6.54 Å². The predicted molar refractivity (Wildman–Crippen MR) is 119 cm³/mol. The Morgan fingerprint density at radius 1 is 0.968 bits per heavy atom. The van der Waals surface area contributed by atoms with Crippen LogP contribution in [-0.2, 0) is 13.0 Å². The van der Waals surface area contributed by atoms with Crippen LogP contribution >= 0.6 is 0 Å². The van der Waals surface area contributed by atoms with E-state index in [1.165, 1.54) is 22.3 Å². The Bertz CT molecular complexity index is 1250. The molecule has 0 bridgehead atoms. The fraction of sp³-hybridized carbons (Fsp3) is 0.160. The molecule has 6 heteroatoms. The molecule has 2 heterocycles. The summed E-state index contributed by atoms with van der Waals surface area (Å²) in [5, 5.41) is 3.54. The molecule has 31 heavy (non-hydrogen) atoms. The fourth-order valence-electron chi connectivity index (χ4n) is 3.52. The van der Waals surface area contributed by atoms with Crippen molar-refractivity contribution in [3.8, 4) is 0 Å². The van der Waals surface area contributed by atoms with Crippen LogP contribution in [0.5, 0.6) is 0 Å². The van der Waals surface area contributed by atoms with E-state index in [-0.39, 0.29) is 17.9 Å². The van der Waals surface area contributed by atoms with Gasteiger partial charge < -0.3 is 5.32 Å². The highest BCUT2D eigenvalue weighted by Crippen LogP contribution is 2.13. The zero-order chi connectivity index (χ0) is 21.6. The Morgan fingerprint density at radius 2 is 1.74 bits per heavy atom. The molecule has 0 atom stereocenters. The van der Waals surface area contributed by atoms with Gasteiger partial charge in [-0.25, -0.2) is 9.37 Å². The van der Waals surface area contributed by atoms with E-state index in [4.69, 9.17) is 0 Å². The largest absolute Gasteiger partial charge is 0.352 e. The lowest BCUT2D eigenvalue weighted by molar-refractivity contribution is 0.0951. The van der Waals surface area contributed by atoms with Crippen LogP contribution in [0.2, 0.25) is 0 Å². The maximum atomic E-state index is 13.2. The summed E-state index contributed by atoms with van der Waals surface area (Å²) >= 11 is 0. The number of amides is 1. The maximum Gasteiger partial charge on any atom is 0.265 e. The van der Waals surface area contributed by atoms with Crippen molar-refractivity contribution in [1.29, 1.82) is 0 Å². The van der Waals surface area contributed by atoms with Gasteiger partial charge in [0.15, 0.2) is 0 Å². The van der Waals surface area contributed by atoms with Crippen molar-refractivity contribution in [2.24, 2.45) is 0 Å². The number of nitrogens with one attached hydrogen (secondary N) is 1. The minimum absolute atomic E-state index is 0.0716. The topological polar surface area (TPSA) is 64.0 Å². The number of carbonyl (C=O) groups is 1. The SMILES string of the molecule is O=C(NCCCc1ccccc1)c1cc2cccnc2n(Cc2ccc(F)cc2)c1=O. The molecular formula is C25H22FN3O2. The van der Waals surface area contributed by atoms with Gasteiger partial charge in [0.1, 0.15) is 17.0 Å². The van der Waals surface area contributed by atoms with Crippen molar-refractivity contribution >= 4 is 16.9 Å². The first-order valence-corrected chi connectivity index (χ1v) is 10.2. The van der Waals surface area contributed by atoms with Crippen LogP contribution in [0.1, 0.15) is 27.9 Å². The third-order valence-corrected chi connectivity index (χ3v) is 5.12. The van der Waals surface area contributed by atoms with Gasteiger partial charge in [-0.3, -0.25) is 14.2 Å². The van der Waals surface area contributed by atoms with Crippen molar-refractivity contribution in [3.05, 3.63) is 112 Å². The summed E-state index contributed by atoms with van der Waals surface area (Å²) in [6.45, 7) is 0.665. The monoisotopic (exact) mass is 415 g/mol. The summed E-state index contributed by atoms with van der Waals surface area (Å²) < 4.78 is 14.7. The van der Waals surface area contributed by atoms with Crippen LogP contribution in [0.15, 0.2) is 83.8 Å². The number of aryl methyl sites for hydroxylation is 1. The Hall–Kier alpha value is -3.80. The molecule has 5 nitrogen and oxygen atoms in total. The molecule has 1 amide bonds. The molecule has 1 N–H and O–H groups in total. The van der Waals surface area contributed by atoms with Crippen molar-refractivity contribution in [3.63, 3.8) is 0 Å². The molecule has 0 unspecified atom stereocenters. The minimum atomic E-state index is -0.420. The Labute approximate surface area is 179 Å². The number of halogens is 1. The molecule has 0 spiro atoms. The van der Waals surface area contributed by atoms with E-state index in [0.29, 0.717) is 17.6 Å². The quantitative estimate of drug-likeness (QED) is 0.465. The Morgan fingerprint density at radius 3 is 2.52 bits per heavy atom. The summed E-state index contributed by atoms with van der Waals surface area (Å²) in [6, 6.07) is 21.1. The van der Waals surface area contributed by atoms with E-state index in [9.17, 15) is 14.0 Å². The molecule has 4 aromatic rings. The molecule has 0 radical (unpaired) electrons. The number of fused-ring (bicyclic) bond motifs is 1. The molecule has 4 rings (SSSR count). The van der Waals surface area contributed by atoms with E-state index >= 15 is 0 Å². The van der Waals surface area contributed by atoms with Gasteiger partial charge in [0.05, 0.1) is 6.54 Å². The van der Waals surface area contributed by atoms with Gasteiger partial charge in [-0.15, -0.1) is 0 Å². The molecular weight excluding hydrogens is 393 g/mol. The van der Waals surface area contributed by atoms with Gasteiger partial charge >= 0.3 is 0 Å². The first-order valence-electron chi connectivity index (χ1n) is 10.2. The summed E-state index contributed by atoms with van der Waals surface area (Å²) in [5.74, 6) is -0.751. The first kappa shape index (κ1) is 20.5. The van der Waals surface area contributed by atoms with Gasteiger partial charge in [-0.1, -0.05) is 42.5 Å². The van der Waals surface area contributed by atoms with Crippen molar-refractivity contribution in [2.45, 2.75) is 19.4 Å². The lowest BCUT2D eigenvalue weighted by atomic mass is 10.1. The summed E-state index contributed by atoms with van der Waals surface area (Å²) in [7, 11) is 0. The summed E-state index contributed by atoms with van der Waals surface area (Å²) in [6.07, 6.45) is 3.22. The normalized spacial score (nSPS) is 10.9. The number of rotatable bonds is 7. The second kappa shape index (κ2) is 9.34. The van der Waals surface area contributed by atoms with Crippen molar-refractivity contribution < 1.29 is 9.18 Å². The molecule has 0 aliphatic rings. The molecule has 0 fully saturated rings. The van der Waals surface area contributed by atoms with Gasteiger partial charge in [-0.05, 0) is 54.3 Å². The van der Waals surface area contributed by atoms with E-state index < -0.39 is 11.5 Å². The molecule has 0 saturated carbocycles. The van der Waals surface area contributed by atoms with Crippen LogP contribution in [0.3, 0.4) is 0 Å². The number of hydrogen-bond donors (Lipinski definition) is 1. The molecule has 0 aliphatic carbocycles. The molecule has 0 saturated heterocycles. The number of pyridine rings is 2. The fourth-order valence-corrected chi connectivity index (χ4v) is 3.52. The average molecular weight is 415 g/mol. The molecule has 0 aliphatic heterocycles. The van der Waals surface area contributed by atoms with Gasteiger partial charge in [0.2, 0.25) is 0 Å². The zero-order valence-corrected chi connectivity index (χ0v) is 16.9. The van der Waals surface area contributed by atoms with Crippen LogP contribution < -0.4 is 10.9 Å². The van der Waals surface area contributed by atoms with Crippen LogP contribution in [0.4, 0.5) is 4.39 Å². The van der Waals surface area contributed by atoms with Gasteiger partial charge in [0, 0.05) is 18.1 Å². The average Bonchev–Trinajstić information content (AvgIpc) is 2.80. The summed E-state index contributed by atoms with van der Waals surface area (Å²) in [5.41, 5.74) is 2.09. The predicted octanol–water partition coefficient (Wildman–Crippen LogP) is 3.95. The number of carbonyl (C=O) groups excluding carboxylic acids is 1. The van der Waals surface area contributed by atoms with E-state index in [1.54, 1.807) is 30.5 Å². The van der Waals surface area contributed by atoms with Gasteiger partial charge in [-0.2, -0.15) is 0 Å². The Balaban J connectivity index is 1.55. The van der Waals surface area contributed by atoms with E-state index in [1.807, 2.05) is 36.4 Å². The van der Waals surface area contributed by atoms with Crippen LogP contribution in [-0.4, -0.2) is 22.0 Å². The molecule has 2 aromatic carbocycles. The lowest BCUT2D eigenvalue weighted by Gasteiger charge is -2.12. The van der Waals surface area contributed by atoms with E-state index in [0.717, 1.165) is 18.4 Å². The number of nitrogens with zero attached hydrogens (tertiary/aromatic N) is 2. The van der Waals surface area contributed by atoms with Crippen LogP contribution in [0, 0.1) is 5.82 Å². The summed E-state index contributed by atoms with van der Waals surface area (Å²) in [4.78, 5) is 30.2. The molecule has 2 aromatic heterocycles. The minimum Gasteiger partial charge on any atom is -0.352 e. The van der Waals surface area contributed by atoms with Crippen LogP contribution in [0.25, 0.3) is 11.0 Å². The second-order valence-corrected chi connectivity index (χ2v) is 7.34. The highest BCUT2D eigenvalue weighted by molar-refractivity contribution is 5.96. The van der Waals surface area contributed by atoms with Crippen molar-refractivity contribution in [1.82, 2.24) is 14.9 Å². The standard InChI is InChI=1S/C25H22FN3O2/c26-21-12-10-19(11-13-21)17-29-23-20(9-5-14-27-23)16-22(25(29)31)24(30)28-15-4-8-18-6-2-1-3-7-18/h1-3,5-7,9-14,16H,4,8,15,17H2,(H,28,30). The first-order chi connectivity index (χ1) is 15.1. The third-order valence-electron chi connectivity index (χ3n) is 5.12.